The van der Waals surface area contributed by atoms with Crippen LogP contribution in [0.25, 0.3) is 0 Å². The van der Waals surface area contributed by atoms with Crippen LogP contribution in [0.4, 0.5) is 0 Å². The molecule has 0 atom stereocenters. The maximum absolute atomic E-state index is 11.0. The molecule has 0 radical (unpaired) electrons. The van der Waals surface area contributed by atoms with Crippen molar-refractivity contribution in [3.63, 3.8) is 0 Å². The lowest BCUT2D eigenvalue weighted by Crippen LogP contribution is -2.35. The lowest BCUT2D eigenvalue weighted by molar-refractivity contribution is 0.0681. The Kier molecular flexibility index (Phi) is 5.44. The van der Waals surface area contributed by atoms with E-state index in [0.717, 1.165) is 25.9 Å². The van der Waals surface area contributed by atoms with Gasteiger partial charge in [-0.2, -0.15) is 0 Å². The van der Waals surface area contributed by atoms with E-state index in [2.05, 4.69) is 11.9 Å². The summed E-state index contributed by atoms with van der Waals surface area (Å²) in [6.07, 6.45) is 2.03. The molecule has 4 nitrogen and oxygen atoms in total. The number of para-hydroxylation sites is 1. The third-order valence-electron chi connectivity index (χ3n) is 3.08. The van der Waals surface area contributed by atoms with Crippen molar-refractivity contribution in [3.8, 4) is 5.75 Å². The first-order valence-electron chi connectivity index (χ1n) is 5.84. The van der Waals surface area contributed by atoms with Crippen molar-refractivity contribution in [3.05, 3.63) is 29.8 Å². The highest BCUT2D eigenvalue weighted by molar-refractivity contribution is 5.90. The molecule has 1 saturated heterocycles. The topological polar surface area (TPSA) is 49.8 Å². The van der Waals surface area contributed by atoms with Crippen LogP contribution in [0.3, 0.4) is 0 Å². The molecule has 5 heteroatoms. The molecule has 0 saturated carbocycles. The van der Waals surface area contributed by atoms with Gasteiger partial charge in [-0.15, -0.1) is 12.4 Å². The highest BCUT2D eigenvalue weighted by atomic mass is 35.5. The molecule has 0 unspecified atom stereocenters. The van der Waals surface area contributed by atoms with Crippen molar-refractivity contribution >= 4 is 18.4 Å². The lowest BCUT2D eigenvalue weighted by Gasteiger charge is -2.29. The van der Waals surface area contributed by atoms with E-state index in [9.17, 15) is 4.79 Å². The summed E-state index contributed by atoms with van der Waals surface area (Å²) < 4.78 is 5.79. The summed E-state index contributed by atoms with van der Waals surface area (Å²) in [5.41, 5.74) is 0.242. The van der Waals surface area contributed by atoms with Gasteiger partial charge in [-0.1, -0.05) is 12.1 Å². The fourth-order valence-corrected chi connectivity index (χ4v) is 2.03. The number of piperidine rings is 1. The number of halogens is 1. The standard InChI is InChI=1S/C13H17NO3.ClH/c1-14-8-6-10(7-9-14)17-12-5-3-2-4-11(12)13(15)16;/h2-5,10H,6-9H2,1H3,(H,15,16);1H. The number of carboxylic acids is 1. The minimum atomic E-state index is -0.937. The van der Waals surface area contributed by atoms with E-state index in [1.165, 1.54) is 0 Å². The van der Waals surface area contributed by atoms with Gasteiger partial charge in [-0.25, -0.2) is 4.79 Å². The van der Waals surface area contributed by atoms with Crippen molar-refractivity contribution in [2.24, 2.45) is 0 Å². The number of ether oxygens (including phenoxy) is 1. The van der Waals surface area contributed by atoms with Crippen molar-refractivity contribution in [2.75, 3.05) is 20.1 Å². The Morgan fingerprint density at radius 1 is 1.33 bits per heavy atom. The van der Waals surface area contributed by atoms with Crippen LogP contribution in [0.1, 0.15) is 23.2 Å². The van der Waals surface area contributed by atoms with Gasteiger partial charge >= 0.3 is 5.97 Å². The molecule has 1 heterocycles. The fourth-order valence-electron chi connectivity index (χ4n) is 2.03. The number of nitrogens with zero attached hydrogens (tertiary/aromatic N) is 1. The van der Waals surface area contributed by atoms with Crippen LogP contribution in [0, 0.1) is 0 Å². The maximum atomic E-state index is 11.0. The van der Waals surface area contributed by atoms with E-state index >= 15 is 0 Å². The van der Waals surface area contributed by atoms with Crippen molar-refractivity contribution in [2.45, 2.75) is 18.9 Å². The summed E-state index contributed by atoms with van der Waals surface area (Å²) in [5.74, 6) is -0.455. The van der Waals surface area contributed by atoms with Gasteiger partial charge in [-0.05, 0) is 32.0 Å². The van der Waals surface area contributed by atoms with Gasteiger partial charge < -0.3 is 14.7 Å². The van der Waals surface area contributed by atoms with Crippen LogP contribution in [-0.2, 0) is 0 Å². The number of carboxylic acid groups (broad SMARTS) is 1. The van der Waals surface area contributed by atoms with Crippen LogP contribution in [0.15, 0.2) is 24.3 Å². The van der Waals surface area contributed by atoms with E-state index < -0.39 is 5.97 Å². The van der Waals surface area contributed by atoms with Crippen LogP contribution in [0.2, 0.25) is 0 Å². The average molecular weight is 272 g/mol. The van der Waals surface area contributed by atoms with E-state index in [1.807, 2.05) is 0 Å². The second-order valence-corrected chi connectivity index (χ2v) is 4.42. The summed E-state index contributed by atoms with van der Waals surface area (Å²) in [4.78, 5) is 13.3. The first-order valence-corrected chi connectivity index (χ1v) is 5.84. The minimum Gasteiger partial charge on any atom is -0.489 e. The van der Waals surface area contributed by atoms with E-state index in [1.54, 1.807) is 24.3 Å². The van der Waals surface area contributed by atoms with Crippen LogP contribution >= 0.6 is 12.4 Å². The van der Waals surface area contributed by atoms with Crippen molar-refractivity contribution in [1.82, 2.24) is 4.90 Å². The summed E-state index contributed by atoms with van der Waals surface area (Å²) in [6, 6.07) is 6.82. The number of rotatable bonds is 3. The number of hydrogen-bond acceptors (Lipinski definition) is 3. The second kappa shape index (κ2) is 6.61. The van der Waals surface area contributed by atoms with Gasteiger partial charge in [0.25, 0.3) is 0 Å². The molecule has 100 valence electrons. The predicted octanol–water partition coefficient (Wildman–Crippen LogP) is 2.28. The molecule has 18 heavy (non-hydrogen) atoms. The molecular weight excluding hydrogens is 254 g/mol. The fraction of sp³-hybridized carbons (Fsp3) is 0.462. The van der Waals surface area contributed by atoms with Crippen LogP contribution in [0.5, 0.6) is 5.75 Å². The maximum Gasteiger partial charge on any atom is 0.339 e. The number of carbonyl (C=O) groups is 1. The molecular formula is C13H18ClNO3. The largest absolute Gasteiger partial charge is 0.489 e. The Bertz CT molecular complexity index is 403. The summed E-state index contributed by atoms with van der Waals surface area (Å²) in [5, 5.41) is 9.05. The Labute approximate surface area is 113 Å². The molecule has 0 amide bonds. The van der Waals surface area contributed by atoms with Crippen molar-refractivity contribution < 1.29 is 14.6 Å². The zero-order valence-corrected chi connectivity index (χ0v) is 11.2. The first kappa shape index (κ1) is 14.8. The molecule has 1 aromatic rings. The monoisotopic (exact) mass is 271 g/mol. The lowest BCUT2D eigenvalue weighted by atomic mass is 10.1. The summed E-state index contributed by atoms with van der Waals surface area (Å²) in [6.45, 7) is 2.00. The summed E-state index contributed by atoms with van der Waals surface area (Å²) in [7, 11) is 2.08. The van der Waals surface area contributed by atoms with E-state index in [4.69, 9.17) is 9.84 Å². The Morgan fingerprint density at radius 2 is 1.94 bits per heavy atom. The van der Waals surface area contributed by atoms with Gasteiger partial charge in [0, 0.05) is 13.1 Å². The Hall–Kier alpha value is -1.26. The van der Waals surface area contributed by atoms with Gasteiger partial charge in [0.15, 0.2) is 0 Å². The molecule has 0 aromatic heterocycles. The van der Waals surface area contributed by atoms with Gasteiger partial charge in [-0.3, -0.25) is 0 Å². The summed E-state index contributed by atoms with van der Waals surface area (Å²) >= 11 is 0. The highest BCUT2D eigenvalue weighted by Crippen LogP contribution is 2.22. The zero-order valence-electron chi connectivity index (χ0n) is 10.3. The Morgan fingerprint density at radius 3 is 2.56 bits per heavy atom. The SMILES string of the molecule is CN1CCC(Oc2ccccc2C(=O)O)CC1.Cl. The van der Waals surface area contributed by atoms with E-state index in [0.29, 0.717) is 5.75 Å². The second-order valence-electron chi connectivity index (χ2n) is 4.42. The Balaban J connectivity index is 0.00000162. The zero-order chi connectivity index (χ0) is 12.3. The minimum absolute atomic E-state index is 0. The van der Waals surface area contributed by atoms with Gasteiger partial charge in [0.1, 0.15) is 17.4 Å². The van der Waals surface area contributed by atoms with E-state index in [-0.39, 0.29) is 24.1 Å². The number of hydrogen-bond donors (Lipinski definition) is 1. The normalized spacial score (nSPS) is 16.9. The smallest absolute Gasteiger partial charge is 0.339 e. The molecule has 0 bridgehead atoms. The van der Waals surface area contributed by atoms with Crippen LogP contribution < -0.4 is 4.74 Å². The quantitative estimate of drug-likeness (QED) is 0.916. The molecule has 1 aromatic carbocycles. The number of likely N-dealkylation sites (tertiary alicyclic amines) is 1. The molecule has 1 aliphatic heterocycles. The predicted molar refractivity (Wildman–Crippen MR) is 71.8 cm³/mol. The molecule has 0 spiro atoms. The highest BCUT2D eigenvalue weighted by Gasteiger charge is 2.20. The van der Waals surface area contributed by atoms with Crippen LogP contribution in [-0.4, -0.2) is 42.2 Å². The van der Waals surface area contributed by atoms with Gasteiger partial charge in [0.2, 0.25) is 0 Å². The average Bonchev–Trinajstić information content (AvgIpc) is 2.32. The van der Waals surface area contributed by atoms with Crippen molar-refractivity contribution in [1.29, 1.82) is 0 Å². The molecule has 1 fully saturated rings. The molecule has 2 rings (SSSR count). The molecule has 1 N–H and O–H groups in total. The third-order valence-corrected chi connectivity index (χ3v) is 3.08. The molecule has 1 aliphatic rings. The van der Waals surface area contributed by atoms with Gasteiger partial charge in [0.05, 0.1) is 0 Å². The number of benzene rings is 1. The first-order chi connectivity index (χ1) is 8.16. The number of aromatic carboxylic acids is 1. The molecule has 0 aliphatic carbocycles. The third kappa shape index (κ3) is 3.62.